The Hall–Kier alpha value is -8.19. The number of phosphoric acid groups is 2. The van der Waals surface area contributed by atoms with Crippen molar-refractivity contribution in [3.8, 4) is 11.5 Å². The first-order valence-corrected chi connectivity index (χ1v) is 33.9. The second kappa shape index (κ2) is 29.6. The molecule has 26 nitrogen and oxygen atoms in total. The molecule has 3 aliphatic heterocycles. The van der Waals surface area contributed by atoms with Crippen molar-refractivity contribution < 1.29 is 80.9 Å². The maximum Gasteiger partial charge on any atom is 0.524 e. The van der Waals surface area contributed by atoms with Gasteiger partial charge in [-0.3, -0.25) is 62.8 Å². The molecule has 10 amide bonds. The Morgan fingerprint density at radius 2 is 1.21 bits per heavy atom. The molecule has 9 rings (SSSR count). The molecular weight excluding hydrogens is 1280 g/mol. The normalized spacial score (nSPS) is 17.2. The number of nitrogens with zero attached hydrogens (tertiary/aromatic N) is 3. The molecule has 0 spiro atoms. The highest BCUT2D eigenvalue weighted by Crippen LogP contribution is 2.51. The number of nitrogens with two attached hydrogens (primary N) is 1. The van der Waals surface area contributed by atoms with Crippen LogP contribution in [0.5, 0.6) is 11.5 Å². The molecule has 3 atom stereocenters. The highest BCUT2D eigenvalue weighted by molar-refractivity contribution is 7.47. The van der Waals surface area contributed by atoms with Crippen LogP contribution in [0.4, 0.5) is 21.9 Å². The Morgan fingerprint density at radius 3 is 1.73 bits per heavy atom. The smallest absolute Gasteiger partial charge is 0.404 e. The van der Waals surface area contributed by atoms with Gasteiger partial charge < -0.3 is 51.2 Å². The summed E-state index contributed by atoms with van der Waals surface area (Å²) >= 11 is 12.9. The van der Waals surface area contributed by atoms with Gasteiger partial charge in [0.15, 0.2) is 0 Å². The van der Waals surface area contributed by atoms with Crippen LogP contribution in [-0.4, -0.2) is 135 Å². The van der Waals surface area contributed by atoms with Crippen LogP contribution in [0.3, 0.4) is 0 Å². The molecule has 4 aliphatic rings. The molecule has 1 saturated heterocycles. The molecule has 5 aromatic carbocycles. The zero-order valence-electron chi connectivity index (χ0n) is 49.6. The van der Waals surface area contributed by atoms with Crippen molar-refractivity contribution in [2.45, 2.75) is 88.5 Å². The van der Waals surface area contributed by atoms with E-state index in [1.165, 1.54) is 57.2 Å². The maximum atomic E-state index is 14.3. The van der Waals surface area contributed by atoms with Gasteiger partial charge in [0, 0.05) is 123 Å². The van der Waals surface area contributed by atoms with Gasteiger partial charge >= 0.3 is 21.7 Å². The predicted molar refractivity (Wildman–Crippen MR) is 343 cm³/mol. The van der Waals surface area contributed by atoms with Gasteiger partial charge in [0.05, 0.1) is 11.4 Å². The quantitative estimate of drug-likeness (QED) is 0.00623. The summed E-state index contributed by atoms with van der Waals surface area (Å²) in [6.45, 7) is 0.499. The third-order valence-corrected chi connectivity index (χ3v) is 18.2. The number of unbranched alkanes of at least 4 members (excludes halogenated alkanes) is 2. The number of phosphoric ester groups is 2. The number of carbonyl (C=O) groups is 9. The van der Waals surface area contributed by atoms with Crippen LogP contribution in [0.1, 0.15) is 105 Å². The number of urea groups is 1. The summed E-state index contributed by atoms with van der Waals surface area (Å²) < 4.78 is 34.4. The van der Waals surface area contributed by atoms with Crippen molar-refractivity contribution in [1.82, 2.24) is 26.2 Å². The standard InChI is InChI=1S/C62H69Cl2N9O17P2/c63-33-39-35-72(47-31-49(89-91(83,84)85)41-10-2-4-12-43(41)56(39)47)54(77)19-16-37-15-17-38(18-20-55(78)73-36-40(34-64)57-44-13-5-3-11-42(44)50(32-48(57)73)90-92(86,87)88)46(30-37)69-51(74)23-28-66-58(79)45(14-8-27-68-61(65)82)70-60(81)62(24-9-25-62)59(80)67-26-6-1-7-29-71-52(75)21-22-53(71)76/h2-5,10-13,15-20,30-32,39-40,45H,1,6-9,14,21-29,33-36H2,(H,66,79)(H,67,80)(H,69,74)(H,70,81)(H3,65,68,82)(H2,83,84,85)(H2,86,87,88)/b19-16+,20-18+/t39-,40-,45+/m1/s1. The average molecular weight is 1350 g/mol. The Kier molecular flexibility index (Phi) is 21.9. The minimum atomic E-state index is -5.07. The first kappa shape index (κ1) is 68.2. The molecule has 1 saturated carbocycles. The number of fused-ring (bicyclic) bond motifs is 6. The third kappa shape index (κ3) is 16.2. The Labute approximate surface area is 538 Å². The SMILES string of the molecule is NC(=O)NCCC[C@H](NC(=O)C1(C(=O)NCCCCCN2C(=O)CCC2=O)CCC1)C(=O)NCCC(=O)Nc1cc(/C=C/C(=O)N2C[C@@H](CCl)c3c2cc(OP(=O)(O)O)c2ccccc32)ccc1/C=C/C(=O)N1C[C@@H](CCl)c2c1cc(OP(=O)(O)O)c1ccccc21. The van der Waals surface area contributed by atoms with Crippen molar-refractivity contribution in [3.05, 3.63) is 113 Å². The summed E-state index contributed by atoms with van der Waals surface area (Å²) in [5, 5.41) is 15.4. The largest absolute Gasteiger partial charge is 0.524 e. The lowest BCUT2D eigenvalue weighted by Crippen LogP contribution is -2.59. The van der Waals surface area contributed by atoms with E-state index >= 15 is 0 Å². The number of primary amides is 1. The Balaban J connectivity index is 0.923. The minimum Gasteiger partial charge on any atom is -0.404 e. The second-order valence-electron chi connectivity index (χ2n) is 22.7. The topological polar surface area (TPSA) is 383 Å². The molecule has 0 unspecified atom stereocenters. The number of anilines is 3. The van der Waals surface area contributed by atoms with Gasteiger partial charge in [-0.1, -0.05) is 67.1 Å². The third-order valence-electron chi connectivity index (χ3n) is 16.6. The van der Waals surface area contributed by atoms with Crippen LogP contribution >= 0.6 is 38.8 Å². The van der Waals surface area contributed by atoms with E-state index in [2.05, 4.69) is 26.6 Å². The van der Waals surface area contributed by atoms with Gasteiger partial charge in [-0.2, -0.15) is 0 Å². The molecule has 0 radical (unpaired) electrons. The molecule has 0 bridgehead atoms. The van der Waals surface area contributed by atoms with Crippen molar-refractivity contribution >= 4 is 143 Å². The first-order chi connectivity index (χ1) is 43.9. The number of imide groups is 1. The zero-order chi connectivity index (χ0) is 66.1. The number of amides is 10. The van der Waals surface area contributed by atoms with E-state index in [-0.39, 0.29) is 130 Å². The number of benzene rings is 5. The van der Waals surface area contributed by atoms with E-state index < -0.39 is 74.5 Å². The predicted octanol–water partition coefficient (Wildman–Crippen LogP) is 6.68. The molecule has 1 aliphatic carbocycles. The van der Waals surface area contributed by atoms with Crippen LogP contribution in [-0.2, 0) is 47.5 Å². The number of alkyl halides is 2. The highest BCUT2D eigenvalue weighted by atomic mass is 35.5. The fraction of sp³-hybridized carbons (Fsp3) is 0.371. The van der Waals surface area contributed by atoms with Crippen LogP contribution in [0, 0.1) is 5.41 Å². The number of halogens is 2. The van der Waals surface area contributed by atoms with Crippen LogP contribution in [0.15, 0.2) is 91.0 Å². The monoisotopic (exact) mass is 1340 g/mol. The fourth-order valence-corrected chi connectivity index (χ4v) is 13.3. The molecule has 11 N–H and O–H groups in total. The van der Waals surface area contributed by atoms with Crippen LogP contribution in [0.25, 0.3) is 33.7 Å². The lowest BCUT2D eigenvalue weighted by molar-refractivity contribution is -0.151. The van der Waals surface area contributed by atoms with Crippen LogP contribution < -0.4 is 51.2 Å². The summed E-state index contributed by atoms with van der Waals surface area (Å²) in [4.78, 5) is 163. The van der Waals surface area contributed by atoms with E-state index in [0.29, 0.717) is 81.8 Å². The van der Waals surface area contributed by atoms with E-state index in [1.807, 2.05) is 0 Å². The Bertz CT molecular complexity index is 3890. The van der Waals surface area contributed by atoms with Crippen LogP contribution in [0.2, 0.25) is 0 Å². The number of nitrogens with one attached hydrogen (secondary N) is 5. The summed E-state index contributed by atoms with van der Waals surface area (Å²) in [7, 11) is -10.1. The van der Waals surface area contributed by atoms with E-state index in [1.54, 1.807) is 60.7 Å². The lowest BCUT2D eigenvalue weighted by Gasteiger charge is -2.39. The molecule has 92 heavy (non-hydrogen) atoms. The van der Waals surface area contributed by atoms with E-state index in [9.17, 15) is 71.9 Å². The van der Waals surface area contributed by atoms with Gasteiger partial charge in [0.2, 0.25) is 35.4 Å². The number of hydrogen-bond acceptors (Lipinski definition) is 13. The lowest BCUT2D eigenvalue weighted by atomic mass is 9.67. The van der Waals surface area contributed by atoms with Gasteiger partial charge in [-0.15, -0.1) is 23.2 Å². The van der Waals surface area contributed by atoms with Gasteiger partial charge in [0.1, 0.15) is 23.0 Å². The summed E-state index contributed by atoms with van der Waals surface area (Å²) in [5.41, 5.74) is 6.55. The van der Waals surface area contributed by atoms with Gasteiger partial charge in [0.25, 0.3) is 11.8 Å². The molecule has 5 aromatic rings. The number of carbonyl (C=O) groups excluding carboxylic acids is 9. The molecule has 2 fully saturated rings. The van der Waals surface area contributed by atoms with Gasteiger partial charge in [-0.25, -0.2) is 13.9 Å². The molecule has 0 aromatic heterocycles. The number of hydrogen-bond donors (Lipinski definition) is 10. The summed E-state index contributed by atoms with van der Waals surface area (Å²) in [6, 6.07) is 19.0. The van der Waals surface area contributed by atoms with E-state index in [4.69, 9.17) is 38.0 Å². The average Bonchev–Trinajstić information content (AvgIpc) is 1.56. The minimum absolute atomic E-state index is 0.00396. The van der Waals surface area contributed by atoms with Crippen molar-refractivity contribution in [2.24, 2.45) is 11.1 Å². The maximum absolute atomic E-state index is 14.3. The van der Waals surface area contributed by atoms with Crippen molar-refractivity contribution in [1.29, 1.82) is 0 Å². The molecule has 30 heteroatoms. The molecule has 488 valence electrons. The Morgan fingerprint density at radius 1 is 0.663 bits per heavy atom. The molecular formula is C62H69Cl2N9O17P2. The zero-order valence-corrected chi connectivity index (χ0v) is 52.9. The van der Waals surface area contributed by atoms with Crippen molar-refractivity contribution in [3.63, 3.8) is 0 Å². The first-order valence-electron chi connectivity index (χ1n) is 29.8. The van der Waals surface area contributed by atoms with E-state index in [0.717, 1.165) is 0 Å². The summed E-state index contributed by atoms with van der Waals surface area (Å²) in [6.07, 6.45) is 8.29. The molecule has 3 heterocycles. The number of likely N-dealkylation sites (tertiary alicyclic amines) is 1. The highest BCUT2D eigenvalue weighted by Gasteiger charge is 2.51. The summed E-state index contributed by atoms with van der Waals surface area (Å²) in [5.74, 6) is -4.96. The fourth-order valence-electron chi connectivity index (χ4n) is 12.0. The van der Waals surface area contributed by atoms with Crippen molar-refractivity contribution in [2.75, 3.05) is 66.1 Å². The number of rotatable bonds is 28. The van der Waals surface area contributed by atoms with Gasteiger partial charge in [-0.05, 0) is 96.2 Å². The second-order valence-corrected chi connectivity index (χ2v) is 25.7.